The number of fused-ring (bicyclic) bond motifs is 1. The van der Waals surface area contributed by atoms with Crippen molar-refractivity contribution in [1.29, 1.82) is 0 Å². The summed E-state index contributed by atoms with van der Waals surface area (Å²) in [6.07, 6.45) is 0. The Morgan fingerprint density at radius 2 is 1.58 bits per heavy atom. The van der Waals surface area contributed by atoms with Gasteiger partial charge in [0, 0.05) is 11.6 Å². The van der Waals surface area contributed by atoms with Gasteiger partial charge in [-0.25, -0.2) is 0 Å². The molecule has 0 aliphatic carbocycles. The van der Waals surface area contributed by atoms with Gasteiger partial charge in [0.15, 0.2) is 17.3 Å². The molecule has 6 nitrogen and oxygen atoms in total. The number of aryl methyl sites for hydroxylation is 1. The number of carbonyl (C=O) groups is 2. The Bertz CT molecular complexity index is 1090. The predicted octanol–water partition coefficient (Wildman–Crippen LogP) is 4.24. The van der Waals surface area contributed by atoms with Crippen LogP contribution >= 0.6 is 0 Å². The molecule has 1 aliphatic heterocycles. The molecule has 1 amide bonds. The third-order valence-corrected chi connectivity index (χ3v) is 5.18. The van der Waals surface area contributed by atoms with Crippen molar-refractivity contribution >= 4 is 17.4 Å². The van der Waals surface area contributed by atoms with Gasteiger partial charge in [0.25, 0.3) is 0 Å². The minimum Gasteiger partial charge on any atom is -0.454 e. The second kappa shape index (κ2) is 9.02. The highest BCUT2D eigenvalue weighted by Gasteiger charge is 2.21. The number of rotatable bonds is 7. The lowest BCUT2D eigenvalue weighted by atomic mass is 9.98. The Hall–Kier alpha value is -3.64. The van der Waals surface area contributed by atoms with Gasteiger partial charge in [0.1, 0.15) is 0 Å². The average Bonchev–Trinajstić information content (AvgIpc) is 3.22. The number of hydrogen-bond donors (Lipinski definition) is 2. The molecule has 3 aromatic rings. The first-order valence-electron chi connectivity index (χ1n) is 10.1. The van der Waals surface area contributed by atoms with Crippen LogP contribution in [0.2, 0.25) is 0 Å². The molecule has 1 heterocycles. The number of ketones is 1. The predicted molar refractivity (Wildman–Crippen MR) is 119 cm³/mol. The van der Waals surface area contributed by atoms with Crippen molar-refractivity contribution in [2.45, 2.75) is 19.9 Å². The van der Waals surface area contributed by atoms with Crippen molar-refractivity contribution in [1.82, 2.24) is 5.32 Å². The molecule has 31 heavy (non-hydrogen) atoms. The van der Waals surface area contributed by atoms with Gasteiger partial charge < -0.3 is 14.8 Å². The molecule has 3 aromatic carbocycles. The maximum Gasteiger partial charge on any atom is 0.238 e. The molecule has 4 rings (SSSR count). The van der Waals surface area contributed by atoms with Crippen molar-refractivity contribution in [2.75, 3.05) is 18.7 Å². The van der Waals surface area contributed by atoms with Crippen molar-refractivity contribution in [3.63, 3.8) is 0 Å². The van der Waals surface area contributed by atoms with Crippen LogP contribution in [0.25, 0.3) is 0 Å². The van der Waals surface area contributed by atoms with E-state index < -0.39 is 0 Å². The van der Waals surface area contributed by atoms with E-state index in [1.165, 1.54) is 12.5 Å². The van der Waals surface area contributed by atoms with E-state index in [4.69, 9.17) is 9.47 Å². The van der Waals surface area contributed by atoms with Crippen molar-refractivity contribution in [3.8, 4) is 11.5 Å². The second-order valence-electron chi connectivity index (χ2n) is 7.49. The summed E-state index contributed by atoms with van der Waals surface area (Å²) in [6.45, 7) is 3.66. The molecular weight excluding hydrogens is 392 g/mol. The van der Waals surface area contributed by atoms with E-state index in [0.717, 1.165) is 11.1 Å². The van der Waals surface area contributed by atoms with Crippen molar-refractivity contribution in [3.05, 3.63) is 89.0 Å². The minimum atomic E-state index is -0.255. The van der Waals surface area contributed by atoms with Crippen molar-refractivity contribution < 1.29 is 19.1 Å². The Kier molecular flexibility index (Phi) is 6.00. The topological polar surface area (TPSA) is 76.7 Å². The Balaban J connectivity index is 1.51. The first kappa shape index (κ1) is 20.6. The van der Waals surface area contributed by atoms with Gasteiger partial charge in [-0.15, -0.1) is 0 Å². The number of carbonyl (C=O) groups excluding carboxylic acids is 2. The van der Waals surface area contributed by atoms with Gasteiger partial charge in [0.2, 0.25) is 12.7 Å². The second-order valence-corrected chi connectivity index (χ2v) is 7.49. The van der Waals surface area contributed by atoms with E-state index in [1.54, 1.807) is 12.1 Å². The minimum absolute atomic E-state index is 0.0687. The molecule has 6 heteroatoms. The van der Waals surface area contributed by atoms with Gasteiger partial charge >= 0.3 is 0 Å². The van der Waals surface area contributed by atoms with Crippen LogP contribution in [0.4, 0.5) is 5.69 Å². The van der Waals surface area contributed by atoms with E-state index in [2.05, 4.69) is 34.9 Å². The van der Waals surface area contributed by atoms with E-state index >= 15 is 0 Å². The largest absolute Gasteiger partial charge is 0.454 e. The quantitative estimate of drug-likeness (QED) is 0.564. The molecule has 2 N–H and O–H groups in total. The summed E-state index contributed by atoms with van der Waals surface area (Å²) in [5, 5.41) is 6.17. The highest BCUT2D eigenvalue weighted by atomic mass is 16.7. The zero-order valence-corrected chi connectivity index (χ0v) is 17.5. The zero-order valence-electron chi connectivity index (χ0n) is 17.5. The van der Waals surface area contributed by atoms with Crippen LogP contribution < -0.4 is 20.1 Å². The number of nitrogens with one attached hydrogen (secondary N) is 2. The molecule has 158 valence electrons. The first-order chi connectivity index (χ1) is 15.0. The number of amides is 1. The van der Waals surface area contributed by atoms with E-state index in [0.29, 0.717) is 22.7 Å². The van der Waals surface area contributed by atoms with Crippen LogP contribution in [-0.2, 0) is 4.79 Å². The summed E-state index contributed by atoms with van der Waals surface area (Å²) in [6, 6.07) is 21.3. The lowest BCUT2D eigenvalue weighted by molar-refractivity contribution is -0.115. The lowest BCUT2D eigenvalue weighted by Crippen LogP contribution is -2.32. The van der Waals surface area contributed by atoms with Gasteiger partial charge in [-0.1, -0.05) is 60.2 Å². The number of benzene rings is 3. The number of hydrogen-bond acceptors (Lipinski definition) is 5. The maximum absolute atomic E-state index is 12.8. The van der Waals surface area contributed by atoms with Crippen LogP contribution in [0.3, 0.4) is 0 Å². The van der Waals surface area contributed by atoms with E-state index in [-0.39, 0.29) is 31.1 Å². The third-order valence-electron chi connectivity index (χ3n) is 5.18. The van der Waals surface area contributed by atoms with Crippen LogP contribution in [0.5, 0.6) is 11.5 Å². The van der Waals surface area contributed by atoms with Gasteiger partial charge in [-0.3, -0.25) is 14.9 Å². The van der Waals surface area contributed by atoms with Gasteiger partial charge in [-0.2, -0.15) is 0 Å². The van der Waals surface area contributed by atoms with Gasteiger partial charge in [-0.05, 0) is 31.0 Å². The summed E-state index contributed by atoms with van der Waals surface area (Å²) < 4.78 is 10.7. The molecule has 0 radical (unpaired) electrons. The molecule has 0 aromatic heterocycles. The summed E-state index contributed by atoms with van der Waals surface area (Å²) in [5.41, 5.74) is 4.10. The fourth-order valence-electron chi connectivity index (χ4n) is 3.56. The SMILES string of the molecule is CC(=O)c1cc2c(cc1NC(=O)CN[C@H](c1ccccc1)c1ccc(C)cc1)OCO2. The molecule has 0 bridgehead atoms. The molecule has 0 saturated carbocycles. The summed E-state index contributed by atoms with van der Waals surface area (Å²) >= 11 is 0. The molecule has 0 fully saturated rings. The fraction of sp³-hybridized carbons (Fsp3) is 0.200. The lowest BCUT2D eigenvalue weighted by Gasteiger charge is -2.20. The molecule has 0 unspecified atom stereocenters. The van der Waals surface area contributed by atoms with E-state index in [9.17, 15) is 9.59 Å². The summed E-state index contributed by atoms with van der Waals surface area (Å²) in [5.74, 6) is 0.595. The number of anilines is 1. The van der Waals surface area contributed by atoms with Crippen LogP contribution in [0, 0.1) is 6.92 Å². The first-order valence-corrected chi connectivity index (χ1v) is 10.1. The Labute approximate surface area is 181 Å². The van der Waals surface area contributed by atoms with Crippen molar-refractivity contribution in [2.24, 2.45) is 0 Å². The molecule has 1 atom stereocenters. The smallest absolute Gasteiger partial charge is 0.238 e. The third kappa shape index (κ3) is 4.75. The average molecular weight is 416 g/mol. The van der Waals surface area contributed by atoms with Crippen LogP contribution in [0.15, 0.2) is 66.7 Å². The highest BCUT2D eigenvalue weighted by molar-refractivity contribution is 6.05. The molecule has 0 spiro atoms. The van der Waals surface area contributed by atoms with Crippen LogP contribution in [-0.4, -0.2) is 25.0 Å². The highest BCUT2D eigenvalue weighted by Crippen LogP contribution is 2.37. The Morgan fingerprint density at radius 3 is 2.26 bits per heavy atom. The van der Waals surface area contributed by atoms with Crippen LogP contribution in [0.1, 0.15) is 40.0 Å². The number of ether oxygens (including phenoxy) is 2. The monoisotopic (exact) mass is 416 g/mol. The Morgan fingerprint density at radius 1 is 0.935 bits per heavy atom. The fourth-order valence-corrected chi connectivity index (χ4v) is 3.56. The molecule has 0 saturated heterocycles. The maximum atomic E-state index is 12.8. The van der Waals surface area contributed by atoms with Gasteiger partial charge in [0.05, 0.1) is 18.3 Å². The van der Waals surface area contributed by atoms with E-state index in [1.807, 2.05) is 37.3 Å². The standard InChI is InChI=1S/C25H24N2O4/c1-16-8-10-19(11-9-16)25(18-6-4-3-5-7-18)26-14-24(29)27-21-13-23-22(30-15-31-23)12-20(21)17(2)28/h3-13,25-26H,14-15H2,1-2H3,(H,27,29)/t25-/m1/s1. The number of Topliss-reactive ketones (excluding diaryl/α,β-unsaturated/α-hetero) is 1. The normalized spacial score (nSPS) is 13.0. The summed E-state index contributed by atoms with van der Waals surface area (Å²) in [7, 11) is 0. The summed E-state index contributed by atoms with van der Waals surface area (Å²) in [4.78, 5) is 24.8. The molecule has 1 aliphatic rings. The molecular formula is C25H24N2O4. The zero-order chi connectivity index (χ0) is 21.8.